The smallest absolute Gasteiger partial charge is 0.272 e. The minimum absolute atomic E-state index is 0.156. The van der Waals surface area contributed by atoms with E-state index in [2.05, 4.69) is 34.8 Å². The average Bonchev–Trinajstić information content (AvgIpc) is 2.90. The fourth-order valence-electron chi connectivity index (χ4n) is 4.00. The molecule has 8 nitrogen and oxygen atoms in total. The van der Waals surface area contributed by atoms with Crippen molar-refractivity contribution in [3.63, 3.8) is 0 Å². The van der Waals surface area contributed by atoms with Gasteiger partial charge in [-0.25, -0.2) is 0 Å². The highest BCUT2D eigenvalue weighted by molar-refractivity contribution is 5.89. The number of benzene rings is 2. The van der Waals surface area contributed by atoms with Crippen LogP contribution in [0.2, 0.25) is 0 Å². The highest BCUT2D eigenvalue weighted by Crippen LogP contribution is 2.49. The Morgan fingerprint density at radius 2 is 1.62 bits per heavy atom. The Morgan fingerprint density at radius 1 is 0.962 bits per heavy atom. The lowest BCUT2D eigenvalue weighted by Crippen LogP contribution is -2.15. The summed E-state index contributed by atoms with van der Waals surface area (Å²) in [5.41, 5.74) is 5.96. The molecule has 1 saturated carbocycles. The maximum absolute atomic E-state index is 11.2. The molecule has 2 bridgehead atoms. The monoisotopic (exact) mass is 352 g/mol. The molecule has 2 aliphatic rings. The third-order valence-electron chi connectivity index (χ3n) is 5.13. The number of nitrogens with zero attached hydrogens (tertiary/aromatic N) is 3. The fraction of sp³-hybridized carbons (Fsp3) is 0.278. The van der Waals surface area contributed by atoms with Crippen molar-refractivity contribution >= 4 is 22.8 Å². The molecule has 0 spiro atoms. The van der Waals surface area contributed by atoms with Crippen LogP contribution in [-0.2, 0) is 0 Å². The summed E-state index contributed by atoms with van der Waals surface area (Å²) in [5.74, 6) is 0.884. The van der Waals surface area contributed by atoms with Crippen molar-refractivity contribution in [2.45, 2.75) is 31.1 Å². The number of nitro groups is 2. The largest absolute Gasteiger partial charge is 0.301 e. The van der Waals surface area contributed by atoms with E-state index in [1.54, 1.807) is 0 Å². The maximum Gasteiger partial charge on any atom is 0.301 e. The van der Waals surface area contributed by atoms with Gasteiger partial charge in [-0.1, -0.05) is 24.3 Å². The zero-order chi connectivity index (χ0) is 18.3. The van der Waals surface area contributed by atoms with E-state index in [0.717, 1.165) is 31.0 Å². The molecule has 1 fully saturated rings. The summed E-state index contributed by atoms with van der Waals surface area (Å²) in [6, 6.07) is 11.9. The Kier molecular flexibility index (Phi) is 3.87. The highest BCUT2D eigenvalue weighted by Gasteiger charge is 2.36. The molecular weight excluding hydrogens is 336 g/mol. The van der Waals surface area contributed by atoms with Crippen LogP contribution in [0.3, 0.4) is 0 Å². The summed E-state index contributed by atoms with van der Waals surface area (Å²) in [6.07, 6.45) is 2.76. The molecule has 0 aliphatic heterocycles. The van der Waals surface area contributed by atoms with Crippen LogP contribution in [0, 0.1) is 20.2 Å². The van der Waals surface area contributed by atoms with E-state index >= 15 is 0 Å². The van der Waals surface area contributed by atoms with E-state index < -0.39 is 9.85 Å². The second-order valence-corrected chi connectivity index (χ2v) is 6.67. The summed E-state index contributed by atoms with van der Waals surface area (Å²) >= 11 is 0. The molecule has 2 aromatic rings. The van der Waals surface area contributed by atoms with E-state index in [1.807, 2.05) is 0 Å². The van der Waals surface area contributed by atoms with Crippen molar-refractivity contribution in [3.05, 3.63) is 73.8 Å². The van der Waals surface area contributed by atoms with Crippen LogP contribution in [-0.4, -0.2) is 15.6 Å². The third kappa shape index (κ3) is 2.79. The minimum Gasteiger partial charge on any atom is -0.272 e. The fourth-order valence-corrected chi connectivity index (χ4v) is 4.00. The van der Waals surface area contributed by atoms with Crippen molar-refractivity contribution in [3.8, 4) is 0 Å². The Labute approximate surface area is 148 Å². The van der Waals surface area contributed by atoms with Crippen LogP contribution in [0.15, 0.2) is 47.6 Å². The van der Waals surface area contributed by atoms with Gasteiger partial charge in [-0.3, -0.25) is 25.7 Å². The third-order valence-corrected chi connectivity index (χ3v) is 5.13. The van der Waals surface area contributed by atoms with Gasteiger partial charge in [0.25, 0.3) is 5.69 Å². The molecule has 0 amide bonds. The maximum atomic E-state index is 11.2. The van der Waals surface area contributed by atoms with Gasteiger partial charge in [-0.2, -0.15) is 5.10 Å². The van der Waals surface area contributed by atoms with Gasteiger partial charge < -0.3 is 0 Å². The second-order valence-electron chi connectivity index (χ2n) is 6.67. The molecule has 0 saturated heterocycles. The highest BCUT2D eigenvalue weighted by atomic mass is 16.6. The first-order valence-corrected chi connectivity index (χ1v) is 8.36. The van der Waals surface area contributed by atoms with Gasteiger partial charge in [0.1, 0.15) is 5.69 Å². The lowest BCUT2D eigenvalue weighted by Gasteiger charge is -2.21. The van der Waals surface area contributed by atoms with Gasteiger partial charge in [0.15, 0.2) is 0 Å². The van der Waals surface area contributed by atoms with Crippen molar-refractivity contribution in [2.75, 3.05) is 5.43 Å². The number of nitrogens with one attached hydrogen (secondary N) is 1. The second kappa shape index (κ2) is 6.21. The van der Waals surface area contributed by atoms with E-state index in [0.29, 0.717) is 11.8 Å². The first kappa shape index (κ1) is 16.2. The average molecular weight is 352 g/mol. The van der Waals surface area contributed by atoms with Crippen LogP contribution in [0.1, 0.15) is 42.2 Å². The number of fused-ring (bicyclic) bond motifs is 5. The minimum atomic E-state index is -0.654. The Morgan fingerprint density at radius 3 is 2.19 bits per heavy atom. The van der Waals surface area contributed by atoms with Gasteiger partial charge in [-0.05, 0) is 48.3 Å². The summed E-state index contributed by atoms with van der Waals surface area (Å²) in [4.78, 5) is 20.7. The summed E-state index contributed by atoms with van der Waals surface area (Å²) < 4.78 is 0. The molecule has 2 aromatic carbocycles. The molecule has 0 heterocycles. The molecule has 1 N–H and O–H groups in total. The zero-order valence-corrected chi connectivity index (χ0v) is 13.8. The lowest BCUT2D eigenvalue weighted by molar-refractivity contribution is -0.393. The van der Waals surface area contributed by atoms with Gasteiger partial charge >= 0.3 is 5.69 Å². The standard InChI is InChI=1S/C18H16N4O4/c23-21(24)14-5-6-17(18(10-14)22(25)26)20-19-13-8-11-7-12(9-13)16-4-2-1-3-15(11)16/h1-6,10-12,20H,7-9H2. The Hall–Kier alpha value is -3.29. The summed E-state index contributed by atoms with van der Waals surface area (Å²) in [7, 11) is 0. The normalized spacial score (nSPS) is 20.4. The summed E-state index contributed by atoms with van der Waals surface area (Å²) in [5, 5.41) is 26.4. The number of rotatable bonds is 4. The molecule has 8 heteroatoms. The number of hydrazone groups is 1. The quantitative estimate of drug-likeness (QED) is 0.650. The number of hydrogen-bond donors (Lipinski definition) is 1. The molecule has 0 radical (unpaired) electrons. The molecule has 2 atom stereocenters. The van der Waals surface area contributed by atoms with Crippen LogP contribution in [0.5, 0.6) is 0 Å². The van der Waals surface area contributed by atoms with Gasteiger partial charge in [-0.15, -0.1) is 0 Å². The van der Waals surface area contributed by atoms with Gasteiger partial charge in [0.2, 0.25) is 0 Å². The van der Waals surface area contributed by atoms with Gasteiger partial charge in [0.05, 0.1) is 15.9 Å². The van der Waals surface area contributed by atoms with E-state index in [-0.39, 0.29) is 17.1 Å². The molecular formula is C18H16N4O4. The molecule has 26 heavy (non-hydrogen) atoms. The number of non-ortho nitro benzene ring substituents is 1. The topological polar surface area (TPSA) is 111 Å². The van der Waals surface area contributed by atoms with E-state index in [4.69, 9.17) is 0 Å². The number of anilines is 1. The first-order valence-electron chi connectivity index (χ1n) is 8.36. The Bertz CT molecular complexity index is 908. The SMILES string of the molecule is O=[N+]([O-])c1ccc(NN=C2CC3CC(C2)c2ccccc23)c([N+](=O)[O-])c1. The van der Waals surface area contributed by atoms with Crippen LogP contribution < -0.4 is 5.43 Å². The molecule has 132 valence electrons. The lowest BCUT2D eigenvalue weighted by atomic mass is 9.85. The van der Waals surface area contributed by atoms with Crippen LogP contribution in [0.25, 0.3) is 0 Å². The molecule has 2 aliphatic carbocycles. The predicted octanol–water partition coefficient (Wildman–Crippen LogP) is 4.34. The van der Waals surface area contributed by atoms with E-state index in [1.165, 1.54) is 23.3 Å². The van der Waals surface area contributed by atoms with Crippen molar-refractivity contribution < 1.29 is 9.85 Å². The van der Waals surface area contributed by atoms with Crippen molar-refractivity contribution in [2.24, 2.45) is 5.10 Å². The van der Waals surface area contributed by atoms with E-state index in [9.17, 15) is 20.2 Å². The van der Waals surface area contributed by atoms with Crippen LogP contribution in [0.4, 0.5) is 17.1 Å². The summed E-state index contributed by atoms with van der Waals surface area (Å²) in [6.45, 7) is 0. The molecule has 2 unspecified atom stereocenters. The first-order chi connectivity index (χ1) is 12.5. The zero-order valence-electron chi connectivity index (χ0n) is 13.8. The van der Waals surface area contributed by atoms with Gasteiger partial charge in [0, 0.05) is 11.8 Å². The van der Waals surface area contributed by atoms with Crippen molar-refractivity contribution in [1.82, 2.24) is 0 Å². The molecule has 0 aromatic heterocycles. The van der Waals surface area contributed by atoms with Crippen molar-refractivity contribution in [1.29, 1.82) is 0 Å². The Balaban J connectivity index is 1.57. The predicted molar refractivity (Wildman–Crippen MR) is 96.6 cm³/mol. The molecule has 4 rings (SSSR count). The van der Waals surface area contributed by atoms with Crippen LogP contribution >= 0.6 is 0 Å². The number of hydrogen-bond acceptors (Lipinski definition) is 6. The number of nitro benzene ring substituents is 2.